The predicted octanol–water partition coefficient (Wildman–Crippen LogP) is 4.05. The van der Waals surface area contributed by atoms with E-state index in [-0.39, 0.29) is 11.6 Å². The molecule has 1 amide bonds. The van der Waals surface area contributed by atoms with E-state index in [0.717, 1.165) is 16.5 Å². The summed E-state index contributed by atoms with van der Waals surface area (Å²) in [6, 6.07) is 14.7. The Balaban J connectivity index is 1.64. The van der Waals surface area contributed by atoms with Crippen molar-refractivity contribution in [1.29, 1.82) is 0 Å². The van der Waals surface area contributed by atoms with Gasteiger partial charge in [-0.1, -0.05) is 18.2 Å². The number of nitrogens with zero attached hydrogens (tertiary/aromatic N) is 2. The number of carbonyl (C=O) groups is 1. The first-order chi connectivity index (χ1) is 12.7. The number of rotatable bonds is 4. The molecule has 0 spiro atoms. The molecule has 0 bridgehead atoms. The predicted molar refractivity (Wildman–Crippen MR) is 95.2 cm³/mol. The van der Waals surface area contributed by atoms with Gasteiger partial charge in [0.25, 0.3) is 5.91 Å². The summed E-state index contributed by atoms with van der Waals surface area (Å²) in [5.74, 6) is 0.757. The third-order valence-corrected chi connectivity index (χ3v) is 4.13. The first-order valence-corrected chi connectivity index (χ1v) is 7.94. The molecule has 0 saturated carbocycles. The average molecular weight is 349 g/mol. The van der Waals surface area contributed by atoms with Gasteiger partial charge in [-0.05, 0) is 47.6 Å². The molecule has 7 heteroatoms. The highest BCUT2D eigenvalue weighted by Gasteiger charge is 2.21. The van der Waals surface area contributed by atoms with Gasteiger partial charge >= 0.3 is 0 Å². The number of benzene rings is 2. The lowest BCUT2D eigenvalue weighted by Crippen LogP contribution is -2.13. The quantitative estimate of drug-likeness (QED) is 0.598. The van der Waals surface area contributed by atoms with Crippen molar-refractivity contribution in [3.8, 4) is 17.0 Å². The van der Waals surface area contributed by atoms with E-state index in [4.69, 9.17) is 13.8 Å². The van der Waals surface area contributed by atoms with Crippen molar-refractivity contribution >= 4 is 22.7 Å². The van der Waals surface area contributed by atoms with E-state index in [2.05, 4.69) is 15.6 Å². The zero-order valence-corrected chi connectivity index (χ0v) is 14.1. The summed E-state index contributed by atoms with van der Waals surface area (Å²) in [5.41, 5.74) is 2.59. The van der Waals surface area contributed by atoms with Crippen LogP contribution in [0.1, 0.15) is 16.1 Å². The number of anilines is 1. The van der Waals surface area contributed by atoms with Gasteiger partial charge in [-0.25, -0.2) is 4.63 Å². The molecule has 4 rings (SSSR count). The molecule has 0 aliphatic carbocycles. The monoisotopic (exact) mass is 349 g/mol. The van der Waals surface area contributed by atoms with Gasteiger partial charge in [-0.2, -0.15) is 0 Å². The zero-order chi connectivity index (χ0) is 18.1. The average Bonchev–Trinajstić information content (AvgIpc) is 3.27. The second-order valence-electron chi connectivity index (χ2n) is 5.70. The molecule has 0 fully saturated rings. The van der Waals surface area contributed by atoms with E-state index >= 15 is 0 Å². The maximum absolute atomic E-state index is 12.7. The van der Waals surface area contributed by atoms with Crippen LogP contribution in [0.3, 0.4) is 0 Å². The minimum Gasteiger partial charge on any atom is -0.497 e. The fourth-order valence-corrected chi connectivity index (χ4v) is 2.76. The van der Waals surface area contributed by atoms with Gasteiger partial charge < -0.3 is 9.15 Å². The highest BCUT2D eigenvalue weighted by Crippen LogP contribution is 2.29. The maximum atomic E-state index is 12.7. The summed E-state index contributed by atoms with van der Waals surface area (Å²) >= 11 is 0. The normalized spacial score (nSPS) is 10.8. The topological polar surface area (TPSA) is 90.4 Å². The molecule has 2 aromatic heterocycles. The zero-order valence-electron chi connectivity index (χ0n) is 14.1. The summed E-state index contributed by atoms with van der Waals surface area (Å²) in [6.45, 7) is 1.84. The largest absolute Gasteiger partial charge is 0.497 e. The smallest absolute Gasteiger partial charge is 0.292 e. The van der Waals surface area contributed by atoms with Crippen LogP contribution in [0.2, 0.25) is 0 Å². The molecule has 4 aromatic rings. The Morgan fingerprint density at radius 3 is 2.58 bits per heavy atom. The number of hydrogen-bond acceptors (Lipinski definition) is 6. The molecule has 26 heavy (non-hydrogen) atoms. The molecule has 130 valence electrons. The minimum absolute atomic E-state index is 0.222. The number of aryl methyl sites for hydroxylation is 1. The second kappa shape index (κ2) is 6.36. The lowest BCUT2D eigenvalue weighted by molar-refractivity contribution is 0.0997. The molecule has 0 radical (unpaired) electrons. The number of carbonyl (C=O) groups excluding carboxylic acids is 1. The summed E-state index contributed by atoms with van der Waals surface area (Å²) in [4.78, 5) is 12.7. The number of amides is 1. The van der Waals surface area contributed by atoms with Gasteiger partial charge in [0, 0.05) is 16.5 Å². The summed E-state index contributed by atoms with van der Waals surface area (Å²) in [6.07, 6.45) is 0. The highest BCUT2D eigenvalue weighted by molar-refractivity contribution is 6.07. The van der Waals surface area contributed by atoms with Crippen molar-refractivity contribution in [2.24, 2.45) is 0 Å². The number of methoxy groups -OCH3 is 1. The van der Waals surface area contributed by atoms with Crippen LogP contribution in [0.5, 0.6) is 5.75 Å². The van der Waals surface area contributed by atoms with Crippen molar-refractivity contribution in [1.82, 2.24) is 10.3 Å². The molecule has 7 nitrogen and oxygen atoms in total. The van der Waals surface area contributed by atoms with Crippen LogP contribution >= 0.6 is 0 Å². The molecule has 0 saturated heterocycles. The molecular formula is C19H15N3O4. The summed E-state index contributed by atoms with van der Waals surface area (Å²) < 4.78 is 15.6. The first-order valence-electron chi connectivity index (χ1n) is 7.94. The van der Waals surface area contributed by atoms with Crippen LogP contribution in [0.4, 0.5) is 5.82 Å². The lowest BCUT2D eigenvalue weighted by Gasteiger charge is -2.03. The lowest BCUT2D eigenvalue weighted by atomic mass is 10.1. The number of hydrogen-bond donors (Lipinski definition) is 1. The second-order valence-corrected chi connectivity index (χ2v) is 5.70. The van der Waals surface area contributed by atoms with Gasteiger partial charge in [0.15, 0.2) is 11.5 Å². The number of fused-ring (bicyclic) bond motifs is 1. The third kappa shape index (κ3) is 2.69. The van der Waals surface area contributed by atoms with Crippen molar-refractivity contribution in [2.75, 3.05) is 12.4 Å². The Morgan fingerprint density at radius 2 is 1.85 bits per heavy atom. The number of ether oxygens (including phenoxy) is 1. The van der Waals surface area contributed by atoms with Gasteiger partial charge in [-0.15, -0.1) is 0 Å². The van der Waals surface area contributed by atoms with E-state index in [0.29, 0.717) is 17.0 Å². The minimum atomic E-state index is -0.413. The fraction of sp³-hybridized carbons (Fsp3) is 0.105. The van der Waals surface area contributed by atoms with E-state index in [1.807, 2.05) is 31.2 Å². The Kier molecular flexibility index (Phi) is 3.89. The van der Waals surface area contributed by atoms with E-state index in [9.17, 15) is 4.79 Å². The molecular weight excluding hydrogens is 334 g/mol. The molecule has 2 aromatic carbocycles. The molecule has 0 unspecified atom stereocenters. The summed E-state index contributed by atoms with van der Waals surface area (Å²) in [5, 5.41) is 11.3. The summed E-state index contributed by atoms with van der Waals surface area (Å²) in [7, 11) is 1.59. The van der Waals surface area contributed by atoms with Crippen LogP contribution < -0.4 is 10.1 Å². The maximum Gasteiger partial charge on any atom is 0.292 e. The van der Waals surface area contributed by atoms with E-state index in [1.165, 1.54) is 0 Å². The van der Waals surface area contributed by atoms with Gasteiger partial charge in [-0.3, -0.25) is 10.1 Å². The Morgan fingerprint density at radius 1 is 1.08 bits per heavy atom. The molecule has 0 atom stereocenters. The van der Waals surface area contributed by atoms with Gasteiger partial charge in [0.05, 0.1) is 7.11 Å². The van der Waals surface area contributed by atoms with Crippen molar-refractivity contribution < 1.29 is 18.6 Å². The van der Waals surface area contributed by atoms with Crippen LogP contribution in [0.25, 0.3) is 22.2 Å². The van der Waals surface area contributed by atoms with E-state index in [1.54, 1.807) is 31.4 Å². The molecule has 0 aliphatic rings. The first kappa shape index (κ1) is 15.9. The van der Waals surface area contributed by atoms with Gasteiger partial charge in [0.1, 0.15) is 11.3 Å². The van der Waals surface area contributed by atoms with Crippen LogP contribution in [0.15, 0.2) is 57.6 Å². The van der Waals surface area contributed by atoms with Crippen molar-refractivity contribution in [3.05, 3.63) is 59.9 Å². The number of nitrogens with one attached hydrogen (secondary N) is 1. The molecule has 0 aliphatic heterocycles. The molecule has 1 N–H and O–H groups in total. The molecule has 2 heterocycles. The Bertz CT molecular complexity index is 1080. The van der Waals surface area contributed by atoms with Crippen LogP contribution in [-0.4, -0.2) is 23.3 Å². The SMILES string of the molecule is COc1ccc(-c2nonc2NC(=O)c2oc3ccccc3c2C)cc1. The van der Waals surface area contributed by atoms with Crippen LogP contribution in [0, 0.1) is 6.92 Å². The number of para-hydroxylation sites is 1. The highest BCUT2D eigenvalue weighted by atomic mass is 16.6. The number of furan rings is 1. The number of aromatic nitrogens is 2. The van der Waals surface area contributed by atoms with E-state index < -0.39 is 5.91 Å². The fourth-order valence-electron chi connectivity index (χ4n) is 2.76. The van der Waals surface area contributed by atoms with Crippen molar-refractivity contribution in [3.63, 3.8) is 0 Å². The Hall–Kier alpha value is -3.61. The van der Waals surface area contributed by atoms with Crippen LogP contribution in [-0.2, 0) is 0 Å². The Labute approximate surface area is 148 Å². The van der Waals surface area contributed by atoms with Gasteiger partial charge in [0.2, 0.25) is 5.82 Å². The third-order valence-electron chi connectivity index (χ3n) is 4.13. The van der Waals surface area contributed by atoms with Crippen molar-refractivity contribution in [2.45, 2.75) is 6.92 Å². The standard InChI is InChI=1S/C19H15N3O4/c1-11-14-5-3-4-6-15(14)25-17(11)19(23)20-18-16(21-26-22-18)12-7-9-13(24-2)10-8-12/h3-10H,1-2H3,(H,20,22,23).